The molecule has 1 aliphatic carbocycles. The summed E-state index contributed by atoms with van der Waals surface area (Å²) in [6, 6.07) is 4.81. The van der Waals surface area contributed by atoms with E-state index in [9.17, 15) is 0 Å². The van der Waals surface area contributed by atoms with E-state index in [0.29, 0.717) is 6.04 Å². The molecule has 0 unspecified atom stereocenters. The highest BCUT2D eigenvalue weighted by Gasteiger charge is 2.24. The second kappa shape index (κ2) is 5.31. The molecule has 0 amide bonds. The zero-order valence-electron chi connectivity index (χ0n) is 10.4. The average molecular weight is 242 g/mol. The van der Waals surface area contributed by atoms with Gasteiger partial charge >= 0.3 is 0 Å². The van der Waals surface area contributed by atoms with Crippen molar-refractivity contribution in [2.75, 3.05) is 6.54 Å². The Morgan fingerprint density at radius 2 is 2.22 bits per heavy atom. The van der Waals surface area contributed by atoms with Crippen molar-refractivity contribution in [2.24, 2.45) is 0 Å². The highest BCUT2D eigenvalue weighted by atomic mass is 15.1. The number of aromatic nitrogens is 3. The second-order valence-electron chi connectivity index (χ2n) is 4.81. The van der Waals surface area contributed by atoms with E-state index in [1.165, 1.54) is 24.1 Å². The lowest BCUT2D eigenvalue weighted by atomic mass is 10.2. The topological polar surface area (TPSA) is 42.7 Å². The van der Waals surface area contributed by atoms with Crippen molar-refractivity contribution in [1.29, 1.82) is 0 Å². The summed E-state index contributed by atoms with van der Waals surface area (Å²) < 4.78 is 2.30. The molecule has 1 fully saturated rings. The fourth-order valence-electron chi connectivity index (χ4n) is 2.15. The number of hydrogen-bond acceptors (Lipinski definition) is 3. The summed E-state index contributed by atoms with van der Waals surface area (Å²) in [5, 5.41) is 3.47. The first-order chi connectivity index (χ1) is 8.93. The average Bonchev–Trinajstić information content (AvgIpc) is 3.16. The Kier molecular flexibility index (Phi) is 3.37. The number of pyridine rings is 1. The van der Waals surface area contributed by atoms with Crippen molar-refractivity contribution in [2.45, 2.75) is 31.8 Å². The normalized spacial score (nSPS) is 14.9. The zero-order valence-corrected chi connectivity index (χ0v) is 10.4. The zero-order chi connectivity index (χ0) is 12.2. The van der Waals surface area contributed by atoms with E-state index in [-0.39, 0.29) is 0 Å². The monoisotopic (exact) mass is 242 g/mol. The van der Waals surface area contributed by atoms with Gasteiger partial charge in [0.2, 0.25) is 0 Å². The summed E-state index contributed by atoms with van der Waals surface area (Å²) in [5.41, 5.74) is 2.57. The van der Waals surface area contributed by atoms with Gasteiger partial charge in [0.15, 0.2) is 0 Å². The summed E-state index contributed by atoms with van der Waals surface area (Å²) in [6.07, 6.45) is 11.3. The smallest absolute Gasteiger partial charge is 0.0951 e. The minimum atomic E-state index is 0.711. The van der Waals surface area contributed by atoms with Crippen LogP contribution in [-0.2, 0) is 13.0 Å². The molecule has 4 heteroatoms. The maximum absolute atomic E-state index is 4.23. The van der Waals surface area contributed by atoms with Crippen molar-refractivity contribution in [3.05, 3.63) is 48.3 Å². The third-order valence-corrected chi connectivity index (χ3v) is 3.31. The minimum absolute atomic E-state index is 0.711. The number of imidazole rings is 1. The Morgan fingerprint density at radius 1 is 1.28 bits per heavy atom. The molecule has 0 radical (unpaired) electrons. The van der Waals surface area contributed by atoms with Gasteiger partial charge in [-0.15, -0.1) is 0 Å². The van der Waals surface area contributed by atoms with Crippen molar-refractivity contribution in [3.8, 4) is 0 Å². The van der Waals surface area contributed by atoms with E-state index in [2.05, 4.69) is 25.9 Å². The largest absolute Gasteiger partial charge is 0.330 e. The van der Waals surface area contributed by atoms with Gasteiger partial charge < -0.3 is 9.88 Å². The number of nitrogens with zero attached hydrogens (tertiary/aromatic N) is 3. The van der Waals surface area contributed by atoms with Crippen molar-refractivity contribution >= 4 is 0 Å². The number of rotatable bonds is 6. The molecule has 2 heterocycles. The maximum Gasteiger partial charge on any atom is 0.0951 e. The van der Waals surface area contributed by atoms with Gasteiger partial charge in [-0.1, -0.05) is 6.07 Å². The van der Waals surface area contributed by atoms with E-state index in [1.807, 2.05) is 31.0 Å². The first-order valence-corrected chi connectivity index (χ1v) is 6.54. The predicted octanol–water partition coefficient (Wildman–Crippen LogP) is 1.95. The highest BCUT2D eigenvalue weighted by Crippen LogP contribution is 2.35. The van der Waals surface area contributed by atoms with E-state index in [1.54, 1.807) is 0 Å². The summed E-state index contributed by atoms with van der Waals surface area (Å²) >= 11 is 0. The van der Waals surface area contributed by atoms with E-state index < -0.39 is 0 Å². The quantitative estimate of drug-likeness (QED) is 0.787. The van der Waals surface area contributed by atoms with Gasteiger partial charge in [0.05, 0.1) is 12.0 Å². The van der Waals surface area contributed by atoms with Crippen LogP contribution in [0.4, 0.5) is 0 Å². The first-order valence-electron chi connectivity index (χ1n) is 6.54. The Morgan fingerprint density at radius 3 is 3.00 bits per heavy atom. The Hall–Kier alpha value is -1.68. The molecule has 2 aromatic rings. The lowest BCUT2D eigenvalue weighted by Gasteiger charge is -2.07. The van der Waals surface area contributed by atoms with E-state index >= 15 is 0 Å². The number of hydrogen-bond donors (Lipinski definition) is 1. The third kappa shape index (κ3) is 2.76. The van der Waals surface area contributed by atoms with Gasteiger partial charge in [0.1, 0.15) is 0 Å². The van der Waals surface area contributed by atoms with Gasteiger partial charge in [0, 0.05) is 31.2 Å². The summed E-state index contributed by atoms with van der Waals surface area (Å²) in [7, 11) is 0. The lowest BCUT2D eigenvalue weighted by Crippen LogP contribution is -2.18. The second-order valence-corrected chi connectivity index (χ2v) is 4.81. The maximum atomic E-state index is 4.23. The molecule has 0 spiro atoms. The molecule has 1 saturated carbocycles. The molecule has 3 rings (SSSR count). The molecule has 18 heavy (non-hydrogen) atoms. The van der Waals surface area contributed by atoms with Crippen LogP contribution in [0.25, 0.3) is 0 Å². The van der Waals surface area contributed by atoms with Crippen LogP contribution in [-0.4, -0.2) is 21.1 Å². The summed E-state index contributed by atoms with van der Waals surface area (Å²) in [6.45, 7) is 1.87. The van der Waals surface area contributed by atoms with Crippen LogP contribution in [0, 0.1) is 0 Å². The molecule has 0 aliphatic heterocycles. The Labute approximate surface area is 107 Å². The van der Waals surface area contributed by atoms with E-state index in [4.69, 9.17) is 0 Å². The Bertz CT molecular complexity index is 488. The molecule has 0 aromatic carbocycles. The van der Waals surface area contributed by atoms with Crippen LogP contribution in [0.5, 0.6) is 0 Å². The van der Waals surface area contributed by atoms with Gasteiger partial charge in [0.25, 0.3) is 0 Å². The van der Waals surface area contributed by atoms with Gasteiger partial charge in [-0.05, 0) is 37.4 Å². The number of nitrogens with one attached hydrogen (secondary N) is 1. The first kappa shape index (κ1) is 11.4. The fourth-order valence-corrected chi connectivity index (χ4v) is 2.15. The van der Waals surface area contributed by atoms with Crippen molar-refractivity contribution in [1.82, 2.24) is 19.9 Å². The van der Waals surface area contributed by atoms with Crippen LogP contribution in [0.2, 0.25) is 0 Å². The van der Waals surface area contributed by atoms with Gasteiger partial charge in [-0.2, -0.15) is 0 Å². The molecule has 0 saturated heterocycles. The Balaban J connectivity index is 1.45. The molecule has 1 aliphatic rings. The van der Waals surface area contributed by atoms with E-state index in [0.717, 1.165) is 19.5 Å². The van der Waals surface area contributed by atoms with Crippen LogP contribution >= 0.6 is 0 Å². The molecule has 1 N–H and O–H groups in total. The highest BCUT2D eigenvalue weighted by molar-refractivity contribution is 5.09. The van der Waals surface area contributed by atoms with Crippen LogP contribution < -0.4 is 5.32 Å². The summed E-state index contributed by atoms with van der Waals surface area (Å²) in [5.74, 6) is 0. The predicted molar refractivity (Wildman–Crippen MR) is 70.1 cm³/mol. The summed E-state index contributed by atoms with van der Waals surface area (Å²) in [4.78, 5) is 8.35. The molecular formula is C14H18N4. The minimum Gasteiger partial charge on any atom is -0.330 e. The van der Waals surface area contributed by atoms with Gasteiger partial charge in [-0.25, -0.2) is 4.98 Å². The van der Waals surface area contributed by atoms with Crippen molar-refractivity contribution < 1.29 is 0 Å². The van der Waals surface area contributed by atoms with Crippen LogP contribution in [0.3, 0.4) is 0 Å². The van der Waals surface area contributed by atoms with Crippen LogP contribution in [0.1, 0.15) is 30.1 Å². The fraction of sp³-hybridized carbons (Fsp3) is 0.429. The molecule has 4 nitrogen and oxygen atoms in total. The molecule has 2 aromatic heterocycles. The molecule has 0 bridgehead atoms. The van der Waals surface area contributed by atoms with Gasteiger partial charge in [-0.3, -0.25) is 4.98 Å². The standard InChI is InChI=1S/C14H18N4/c1-2-12(8-15-6-1)5-7-16-9-14-10-17-11-18(14)13-3-4-13/h1-2,6,8,10-11,13,16H,3-5,7,9H2. The lowest BCUT2D eigenvalue weighted by molar-refractivity contribution is 0.620. The molecule has 94 valence electrons. The molecule has 0 atom stereocenters. The molecular weight excluding hydrogens is 224 g/mol. The van der Waals surface area contributed by atoms with Crippen molar-refractivity contribution in [3.63, 3.8) is 0 Å². The SMILES string of the molecule is c1cncc(CCNCc2cncn2C2CC2)c1. The van der Waals surface area contributed by atoms with Crippen LogP contribution in [0.15, 0.2) is 37.1 Å². The third-order valence-electron chi connectivity index (χ3n) is 3.31.